The predicted octanol–water partition coefficient (Wildman–Crippen LogP) is 4.85. The van der Waals surface area contributed by atoms with E-state index in [0.29, 0.717) is 10.5 Å². The normalized spacial score (nSPS) is 21.1. The fourth-order valence-corrected chi connectivity index (χ4v) is 6.51. The molecule has 0 bridgehead atoms. The fourth-order valence-electron chi connectivity index (χ4n) is 1.93. The molecule has 5 nitrogen and oxygen atoms in total. The van der Waals surface area contributed by atoms with E-state index in [1.807, 2.05) is 25.6 Å². The van der Waals surface area contributed by atoms with Crippen LogP contribution in [0.4, 0.5) is 10.3 Å². The van der Waals surface area contributed by atoms with Crippen molar-refractivity contribution in [2.45, 2.75) is 46.6 Å². The van der Waals surface area contributed by atoms with E-state index < -0.39 is 0 Å². The number of hydrogen-bond donors (Lipinski definition) is 0. The second-order valence-corrected chi connectivity index (χ2v) is 11.7. The van der Waals surface area contributed by atoms with Crippen LogP contribution in [0.15, 0.2) is 15.0 Å². The standard InChI is InChI=1S/C14H19N5S5/c1-8(2)15-10-17-12(23-21-10)19-13-18-11(22-24-13)16-9-5-6-14(3,4)7-20-9/h8H,5-7H2,1-4H3/b15-10-,16-9-,19-13-. The molecule has 3 heterocycles. The lowest BCUT2D eigenvalue weighted by atomic mass is 9.90. The fraction of sp³-hybridized carbons (Fsp3) is 0.643. The number of nitrogens with zero attached hydrogens (tertiary/aromatic N) is 5. The van der Waals surface area contributed by atoms with Crippen molar-refractivity contribution in [2.75, 3.05) is 5.75 Å². The third-order valence-corrected chi connectivity index (χ3v) is 8.54. The molecule has 0 spiro atoms. The molecule has 1 fully saturated rings. The largest absolute Gasteiger partial charge is 0.254 e. The van der Waals surface area contributed by atoms with Gasteiger partial charge in [0.25, 0.3) is 0 Å². The average molecular weight is 418 g/mol. The molecule has 1 aliphatic rings. The highest BCUT2D eigenvalue weighted by molar-refractivity contribution is 8.14. The first kappa shape index (κ1) is 18.4. The predicted molar refractivity (Wildman–Crippen MR) is 108 cm³/mol. The van der Waals surface area contributed by atoms with Crippen LogP contribution in [-0.2, 0) is 0 Å². The Morgan fingerprint density at radius 1 is 0.958 bits per heavy atom. The van der Waals surface area contributed by atoms with Gasteiger partial charge >= 0.3 is 0 Å². The van der Waals surface area contributed by atoms with Gasteiger partial charge in [0.15, 0.2) is 0 Å². The number of thioether (sulfide) groups is 1. The lowest BCUT2D eigenvalue weighted by molar-refractivity contribution is 0.392. The van der Waals surface area contributed by atoms with Crippen LogP contribution in [0.2, 0.25) is 0 Å². The third kappa shape index (κ3) is 5.29. The third-order valence-electron chi connectivity index (χ3n) is 3.19. The molecule has 2 aromatic rings. The maximum atomic E-state index is 4.70. The molecule has 1 saturated heterocycles. The minimum Gasteiger partial charge on any atom is -0.254 e. The molecule has 0 N–H and O–H groups in total. The van der Waals surface area contributed by atoms with Gasteiger partial charge < -0.3 is 0 Å². The summed E-state index contributed by atoms with van der Waals surface area (Å²) in [5.74, 6) is 1.13. The SMILES string of the molecule is CC(C)/N=c1/nc(/N=c2/nc(/N=C3/CCC(C)(C)CS3)ss2)ss1. The van der Waals surface area contributed by atoms with Gasteiger partial charge in [0.05, 0.1) is 5.04 Å². The van der Waals surface area contributed by atoms with Gasteiger partial charge in [-0.15, -0.1) is 11.8 Å². The summed E-state index contributed by atoms with van der Waals surface area (Å²) >= 11 is 1.86. The molecule has 0 radical (unpaired) electrons. The smallest absolute Gasteiger partial charge is 0.224 e. The molecule has 0 aromatic carbocycles. The molecule has 0 unspecified atom stereocenters. The Labute approximate surface area is 160 Å². The molecule has 24 heavy (non-hydrogen) atoms. The van der Waals surface area contributed by atoms with Gasteiger partial charge in [-0.3, -0.25) is 4.99 Å². The molecule has 2 aromatic heterocycles. The Balaban J connectivity index is 1.75. The summed E-state index contributed by atoms with van der Waals surface area (Å²) in [6, 6.07) is 0.249. The van der Waals surface area contributed by atoms with Crippen LogP contribution in [0.25, 0.3) is 0 Å². The highest BCUT2D eigenvalue weighted by atomic mass is 32.9. The first-order chi connectivity index (χ1) is 11.4. The van der Waals surface area contributed by atoms with E-state index in [1.54, 1.807) is 31.0 Å². The van der Waals surface area contributed by atoms with E-state index in [1.165, 1.54) is 21.8 Å². The van der Waals surface area contributed by atoms with Crippen LogP contribution in [0.3, 0.4) is 0 Å². The minimum atomic E-state index is 0.249. The van der Waals surface area contributed by atoms with Crippen LogP contribution >= 0.6 is 53.1 Å². The van der Waals surface area contributed by atoms with Gasteiger partial charge in [-0.1, -0.05) is 13.8 Å². The average Bonchev–Trinajstić information content (AvgIpc) is 3.11. The summed E-state index contributed by atoms with van der Waals surface area (Å²) in [5.41, 5.74) is 0.417. The second-order valence-electron chi connectivity index (χ2n) is 6.48. The highest BCUT2D eigenvalue weighted by Crippen LogP contribution is 2.36. The maximum Gasteiger partial charge on any atom is 0.224 e. The zero-order valence-corrected chi connectivity index (χ0v) is 18.1. The van der Waals surface area contributed by atoms with Crippen molar-refractivity contribution in [3.63, 3.8) is 0 Å². The zero-order chi connectivity index (χ0) is 17.2. The second kappa shape index (κ2) is 7.86. The van der Waals surface area contributed by atoms with Gasteiger partial charge in [-0.05, 0) is 73.5 Å². The van der Waals surface area contributed by atoms with E-state index in [9.17, 15) is 0 Å². The molecular weight excluding hydrogens is 399 g/mol. The van der Waals surface area contributed by atoms with E-state index in [2.05, 4.69) is 33.8 Å². The summed E-state index contributed by atoms with van der Waals surface area (Å²) < 4.78 is 0. The number of aromatic nitrogens is 2. The monoisotopic (exact) mass is 417 g/mol. The molecule has 10 heteroatoms. The first-order valence-corrected chi connectivity index (χ1v) is 12.9. The first-order valence-electron chi connectivity index (χ1n) is 7.63. The summed E-state index contributed by atoms with van der Waals surface area (Å²) in [6.45, 7) is 8.71. The Morgan fingerprint density at radius 3 is 2.29 bits per heavy atom. The Bertz CT molecular complexity index is 839. The van der Waals surface area contributed by atoms with Gasteiger partial charge in [-0.2, -0.15) is 15.0 Å². The number of aliphatic imine (C=N–C) groups is 1. The molecule has 0 saturated carbocycles. The summed E-state index contributed by atoms with van der Waals surface area (Å²) in [6.07, 6.45) is 2.23. The summed E-state index contributed by atoms with van der Waals surface area (Å²) in [7, 11) is 6.20. The number of hydrogen-bond acceptors (Lipinski definition) is 10. The van der Waals surface area contributed by atoms with Crippen molar-refractivity contribution in [2.24, 2.45) is 20.4 Å². The van der Waals surface area contributed by atoms with E-state index >= 15 is 0 Å². The van der Waals surface area contributed by atoms with Crippen molar-refractivity contribution in [1.29, 1.82) is 0 Å². The van der Waals surface area contributed by atoms with Crippen LogP contribution in [0, 0.1) is 5.41 Å². The van der Waals surface area contributed by atoms with Gasteiger partial charge in [-0.25, -0.2) is 4.99 Å². The van der Waals surface area contributed by atoms with Crippen molar-refractivity contribution < 1.29 is 0 Å². The van der Waals surface area contributed by atoms with Crippen molar-refractivity contribution in [3.8, 4) is 0 Å². The number of rotatable bonds is 3. The molecule has 0 amide bonds. The van der Waals surface area contributed by atoms with E-state index in [0.717, 1.165) is 26.9 Å². The Kier molecular flexibility index (Phi) is 6.02. The molecular formula is C14H19N5S5. The van der Waals surface area contributed by atoms with Gasteiger partial charge in [0.1, 0.15) is 0 Å². The van der Waals surface area contributed by atoms with Crippen LogP contribution in [0.1, 0.15) is 40.5 Å². The zero-order valence-electron chi connectivity index (χ0n) is 14.0. The highest BCUT2D eigenvalue weighted by Gasteiger charge is 2.25. The molecule has 0 atom stereocenters. The van der Waals surface area contributed by atoms with Gasteiger partial charge in [0.2, 0.25) is 19.9 Å². The Hall–Kier alpha value is -0.420. The maximum absolute atomic E-state index is 4.70. The van der Waals surface area contributed by atoms with Crippen molar-refractivity contribution >= 4 is 68.4 Å². The summed E-state index contributed by atoms with van der Waals surface area (Å²) in [4.78, 5) is 24.1. The minimum absolute atomic E-state index is 0.249. The molecule has 1 aliphatic heterocycles. The van der Waals surface area contributed by atoms with Crippen LogP contribution in [-0.4, -0.2) is 26.8 Å². The molecule has 0 aliphatic carbocycles. The Morgan fingerprint density at radius 2 is 1.62 bits per heavy atom. The summed E-state index contributed by atoms with van der Waals surface area (Å²) in [5, 5.41) is 2.71. The van der Waals surface area contributed by atoms with Crippen molar-refractivity contribution in [1.82, 2.24) is 9.97 Å². The van der Waals surface area contributed by atoms with Crippen LogP contribution in [0.5, 0.6) is 0 Å². The van der Waals surface area contributed by atoms with E-state index in [-0.39, 0.29) is 6.04 Å². The topological polar surface area (TPSA) is 62.9 Å². The van der Waals surface area contributed by atoms with Crippen LogP contribution < -0.4 is 9.60 Å². The molecule has 130 valence electrons. The lowest BCUT2D eigenvalue weighted by Crippen LogP contribution is -2.21. The van der Waals surface area contributed by atoms with E-state index in [4.69, 9.17) is 4.99 Å². The lowest BCUT2D eigenvalue weighted by Gasteiger charge is -2.29. The van der Waals surface area contributed by atoms with Gasteiger partial charge in [0, 0.05) is 11.8 Å². The molecule has 3 rings (SSSR count). The quantitative estimate of drug-likeness (QED) is 0.671. The van der Waals surface area contributed by atoms with Crippen molar-refractivity contribution in [3.05, 3.63) is 9.60 Å².